The van der Waals surface area contributed by atoms with Crippen LogP contribution < -0.4 is 11.1 Å². The van der Waals surface area contributed by atoms with Gasteiger partial charge in [0.05, 0.1) is 16.9 Å². The first-order valence-electron chi connectivity index (χ1n) is 5.22. The summed E-state index contributed by atoms with van der Waals surface area (Å²) in [5, 5.41) is 12.1. The molecule has 0 fully saturated rings. The molecular weight excluding hydrogens is 296 g/mol. The third kappa shape index (κ3) is 2.62. The fourth-order valence-electron chi connectivity index (χ4n) is 1.60. The van der Waals surface area contributed by atoms with Gasteiger partial charge in [-0.1, -0.05) is 28.1 Å². The maximum absolute atomic E-state index is 11.1. The van der Waals surface area contributed by atoms with E-state index < -0.39 is 5.97 Å². The molecule has 0 saturated carbocycles. The van der Waals surface area contributed by atoms with E-state index >= 15 is 0 Å². The van der Waals surface area contributed by atoms with Crippen LogP contribution in [0.25, 0.3) is 0 Å². The van der Waals surface area contributed by atoms with Crippen molar-refractivity contribution in [3.8, 4) is 0 Å². The summed E-state index contributed by atoms with van der Waals surface area (Å²) in [5.41, 5.74) is 7.53. The van der Waals surface area contributed by atoms with Crippen molar-refractivity contribution in [2.24, 2.45) is 0 Å². The molecule has 0 bridgehead atoms. The van der Waals surface area contributed by atoms with Gasteiger partial charge in [-0.25, -0.2) is 4.79 Å². The van der Waals surface area contributed by atoms with Gasteiger partial charge in [0.1, 0.15) is 0 Å². The minimum Gasteiger partial charge on any atom is -0.478 e. The molecule has 4 N–H and O–H groups in total. The number of aromatic carboxylic acids is 1. The Labute approximate surface area is 113 Å². The van der Waals surface area contributed by atoms with Gasteiger partial charge < -0.3 is 16.2 Å². The lowest BCUT2D eigenvalue weighted by atomic mass is 10.1. The number of hydrogen-bond donors (Lipinski definition) is 3. The number of anilines is 3. The summed E-state index contributed by atoms with van der Waals surface area (Å²) < 4.78 is 0.902. The van der Waals surface area contributed by atoms with Crippen molar-refractivity contribution >= 4 is 39.0 Å². The van der Waals surface area contributed by atoms with E-state index in [-0.39, 0.29) is 5.56 Å². The molecule has 0 aromatic heterocycles. The van der Waals surface area contributed by atoms with E-state index in [0.29, 0.717) is 11.4 Å². The number of benzene rings is 2. The molecule has 4 nitrogen and oxygen atoms in total. The van der Waals surface area contributed by atoms with Crippen LogP contribution in [0, 0.1) is 0 Å². The van der Waals surface area contributed by atoms with Crippen LogP contribution in [-0.4, -0.2) is 11.1 Å². The average Bonchev–Trinajstić information content (AvgIpc) is 2.31. The monoisotopic (exact) mass is 306 g/mol. The van der Waals surface area contributed by atoms with Gasteiger partial charge in [0.25, 0.3) is 0 Å². The van der Waals surface area contributed by atoms with Crippen LogP contribution in [0.4, 0.5) is 17.1 Å². The van der Waals surface area contributed by atoms with Crippen LogP contribution in [0.15, 0.2) is 46.9 Å². The molecule has 0 saturated heterocycles. The second-order valence-corrected chi connectivity index (χ2v) is 4.63. The topological polar surface area (TPSA) is 75.4 Å². The quantitative estimate of drug-likeness (QED) is 0.759. The van der Waals surface area contributed by atoms with E-state index in [1.807, 2.05) is 24.3 Å². The van der Waals surface area contributed by atoms with E-state index in [9.17, 15) is 4.79 Å². The lowest BCUT2D eigenvalue weighted by Crippen LogP contribution is -2.05. The highest BCUT2D eigenvalue weighted by Crippen LogP contribution is 2.28. The van der Waals surface area contributed by atoms with Gasteiger partial charge in [-0.2, -0.15) is 0 Å². The normalized spacial score (nSPS) is 10.1. The maximum Gasteiger partial charge on any atom is 0.337 e. The van der Waals surface area contributed by atoms with Crippen molar-refractivity contribution in [3.63, 3.8) is 0 Å². The third-order valence-electron chi connectivity index (χ3n) is 2.42. The van der Waals surface area contributed by atoms with Crippen LogP contribution in [0.2, 0.25) is 0 Å². The molecule has 0 heterocycles. The first-order chi connectivity index (χ1) is 8.58. The Bertz CT molecular complexity index is 599. The summed E-state index contributed by atoms with van der Waals surface area (Å²) in [4.78, 5) is 11.1. The van der Waals surface area contributed by atoms with Gasteiger partial charge in [-0.05, 0) is 30.3 Å². The summed E-state index contributed by atoms with van der Waals surface area (Å²) in [6, 6.07) is 12.2. The Balaban J connectivity index is 2.42. The van der Waals surface area contributed by atoms with E-state index in [2.05, 4.69) is 21.2 Å². The number of carboxylic acid groups (broad SMARTS) is 1. The number of hydrogen-bond acceptors (Lipinski definition) is 3. The van der Waals surface area contributed by atoms with Gasteiger partial charge in [0.15, 0.2) is 0 Å². The molecule has 2 rings (SSSR count). The van der Waals surface area contributed by atoms with Gasteiger partial charge in [0.2, 0.25) is 0 Å². The van der Waals surface area contributed by atoms with Crippen LogP contribution in [0.3, 0.4) is 0 Å². The molecule has 2 aromatic rings. The number of carboxylic acids is 1. The third-order valence-corrected chi connectivity index (χ3v) is 2.91. The van der Waals surface area contributed by atoms with E-state index in [0.717, 1.165) is 10.2 Å². The molecule has 0 unspecified atom stereocenters. The van der Waals surface area contributed by atoms with Gasteiger partial charge in [-0.3, -0.25) is 0 Å². The largest absolute Gasteiger partial charge is 0.478 e. The number of nitrogens with one attached hydrogen (secondary N) is 1. The summed E-state index contributed by atoms with van der Waals surface area (Å²) in [5.74, 6) is -1.01. The highest BCUT2D eigenvalue weighted by molar-refractivity contribution is 9.10. The van der Waals surface area contributed by atoms with Crippen LogP contribution in [0.5, 0.6) is 0 Å². The minimum absolute atomic E-state index is 0.148. The highest BCUT2D eigenvalue weighted by Gasteiger charge is 2.12. The average molecular weight is 307 g/mol. The van der Waals surface area contributed by atoms with Gasteiger partial charge in [0, 0.05) is 10.2 Å². The number of nitrogen functional groups attached to an aromatic ring is 1. The van der Waals surface area contributed by atoms with Crippen LogP contribution in [-0.2, 0) is 0 Å². The zero-order chi connectivity index (χ0) is 13.1. The second kappa shape index (κ2) is 5.10. The predicted octanol–water partition coefficient (Wildman–Crippen LogP) is 3.47. The molecule has 0 spiro atoms. The maximum atomic E-state index is 11.1. The highest BCUT2D eigenvalue weighted by atomic mass is 79.9. The van der Waals surface area contributed by atoms with E-state index in [1.165, 1.54) is 6.07 Å². The molecule has 92 valence electrons. The first kappa shape index (κ1) is 12.4. The zero-order valence-corrected chi connectivity index (χ0v) is 10.9. The van der Waals surface area contributed by atoms with Crippen molar-refractivity contribution in [1.82, 2.24) is 0 Å². The molecule has 0 radical (unpaired) electrons. The van der Waals surface area contributed by atoms with Crippen LogP contribution >= 0.6 is 15.9 Å². The van der Waals surface area contributed by atoms with Crippen molar-refractivity contribution in [1.29, 1.82) is 0 Å². The lowest BCUT2D eigenvalue weighted by Gasteiger charge is -2.12. The summed E-state index contributed by atoms with van der Waals surface area (Å²) in [6.07, 6.45) is 0. The first-order valence-corrected chi connectivity index (χ1v) is 6.01. The molecule has 0 atom stereocenters. The number of para-hydroxylation sites is 1. The molecule has 0 aliphatic heterocycles. The number of carbonyl (C=O) groups is 1. The Hall–Kier alpha value is -2.01. The number of nitrogens with two attached hydrogens (primary N) is 1. The van der Waals surface area contributed by atoms with E-state index in [4.69, 9.17) is 10.8 Å². The molecule has 0 amide bonds. The lowest BCUT2D eigenvalue weighted by molar-refractivity contribution is 0.0698. The van der Waals surface area contributed by atoms with Crippen molar-refractivity contribution in [3.05, 3.63) is 52.5 Å². The Kier molecular flexibility index (Phi) is 3.53. The van der Waals surface area contributed by atoms with Gasteiger partial charge >= 0.3 is 5.97 Å². The summed E-state index contributed by atoms with van der Waals surface area (Å²) >= 11 is 3.35. The molecule has 2 aromatic carbocycles. The summed E-state index contributed by atoms with van der Waals surface area (Å²) in [6.45, 7) is 0. The number of halogens is 1. The Morgan fingerprint density at radius 1 is 1.22 bits per heavy atom. The fourth-order valence-corrected chi connectivity index (χ4v) is 2.00. The molecule has 18 heavy (non-hydrogen) atoms. The fraction of sp³-hybridized carbons (Fsp3) is 0. The predicted molar refractivity (Wildman–Crippen MR) is 75.2 cm³/mol. The van der Waals surface area contributed by atoms with Crippen molar-refractivity contribution in [2.45, 2.75) is 0 Å². The Morgan fingerprint density at radius 2 is 1.94 bits per heavy atom. The van der Waals surface area contributed by atoms with Crippen molar-refractivity contribution in [2.75, 3.05) is 11.1 Å². The Morgan fingerprint density at radius 3 is 2.61 bits per heavy atom. The second-order valence-electron chi connectivity index (χ2n) is 3.71. The molecule has 5 heteroatoms. The van der Waals surface area contributed by atoms with Crippen molar-refractivity contribution < 1.29 is 9.90 Å². The smallest absolute Gasteiger partial charge is 0.337 e. The molecule has 0 aliphatic rings. The SMILES string of the molecule is Nc1cccc(C(=O)O)c1Nc1cccc(Br)c1. The standard InChI is InChI=1S/C13H11BrN2O2/c14-8-3-1-4-9(7-8)16-12-10(13(17)18)5-2-6-11(12)15/h1-7,16H,15H2,(H,17,18). The zero-order valence-electron chi connectivity index (χ0n) is 9.35. The van der Waals surface area contributed by atoms with Crippen LogP contribution in [0.1, 0.15) is 10.4 Å². The van der Waals surface area contributed by atoms with E-state index in [1.54, 1.807) is 12.1 Å². The number of rotatable bonds is 3. The summed E-state index contributed by atoms with van der Waals surface area (Å²) in [7, 11) is 0. The molecule has 0 aliphatic carbocycles. The molecular formula is C13H11BrN2O2. The van der Waals surface area contributed by atoms with Gasteiger partial charge in [-0.15, -0.1) is 0 Å². The minimum atomic E-state index is -1.01.